The summed E-state index contributed by atoms with van der Waals surface area (Å²) in [5, 5.41) is 39.3. The lowest BCUT2D eigenvalue weighted by atomic mass is 9.98. The van der Waals surface area contributed by atoms with E-state index in [1.165, 1.54) is 6.92 Å². The van der Waals surface area contributed by atoms with Crippen LogP contribution in [0.5, 0.6) is 0 Å². The monoisotopic (exact) mass is 221 g/mol. The summed E-state index contributed by atoms with van der Waals surface area (Å²) in [6, 6.07) is 0. The number of aliphatic hydroxyl groups is 4. The second-order valence-corrected chi connectivity index (χ2v) is 3.45. The first kappa shape index (κ1) is 12.3. The first-order valence-corrected chi connectivity index (χ1v) is 4.55. The van der Waals surface area contributed by atoms with Crippen molar-refractivity contribution in [2.24, 2.45) is 0 Å². The van der Waals surface area contributed by atoms with E-state index < -0.39 is 43.2 Å². The van der Waals surface area contributed by atoms with Gasteiger partial charge in [0, 0.05) is 6.92 Å². The molecule has 0 radical (unpaired) electrons. The fraction of sp³-hybridized carbons (Fsp3) is 0.875. The van der Waals surface area contributed by atoms with Crippen LogP contribution in [0.15, 0.2) is 0 Å². The summed E-state index contributed by atoms with van der Waals surface area (Å²) in [6.45, 7) is 0.711. The van der Waals surface area contributed by atoms with Crippen molar-refractivity contribution in [1.82, 2.24) is 5.32 Å². The number of ether oxygens (including phenoxy) is 1. The highest BCUT2D eigenvalue weighted by atomic mass is 16.6. The number of nitrogens with one attached hydrogen (secondary N) is 1. The normalized spacial score (nSPS) is 41.3. The van der Waals surface area contributed by atoms with Crippen molar-refractivity contribution >= 4 is 5.91 Å². The molecule has 5 atom stereocenters. The zero-order valence-electron chi connectivity index (χ0n) is 8.20. The molecule has 0 bridgehead atoms. The van der Waals surface area contributed by atoms with Gasteiger partial charge in [-0.25, -0.2) is 0 Å². The molecule has 0 aromatic rings. The molecule has 1 amide bonds. The van der Waals surface area contributed by atoms with Crippen LogP contribution >= 0.6 is 0 Å². The lowest BCUT2D eigenvalue weighted by Crippen LogP contribution is -2.63. The average molecular weight is 221 g/mol. The summed E-state index contributed by atoms with van der Waals surface area (Å²) in [6.07, 6.45) is -6.42. The maximum atomic E-state index is 10.7. The van der Waals surface area contributed by atoms with Crippen molar-refractivity contribution in [2.45, 2.75) is 37.6 Å². The van der Waals surface area contributed by atoms with Gasteiger partial charge in [-0.15, -0.1) is 0 Å². The van der Waals surface area contributed by atoms with Crippen LogP contribution in [0, 0.1) is 0 Å². The Morgan fingerprint density at radius 3 is 2.33 bits per heavy atom. The number of carbonyl (C=O) groups excluding carboxylic acids is 1. The van der Waals surface area contributed by atoms with Gasteiger partial charge in [0.2, 0.25) is 5.91 Å². The number of amides is 1. The van der Waals surface area contributed by atoms with Crippen molar-refractivity contribution in [2.75, 3.05) is 6.61 Å². The zero-order valence-corrected chi connectivity index (χ0v) is 8.20. The Morgan fingerprint density at radius 1 is 1.27 bits per heavy atom. The van der Waals surface area contributed by atoms with Crippen molar-refractivity contribution in [3.63, 3.8) is 0 Å². The fourth-order valence-corrected chi connectivity index (χ4v) is 1.42. The molecular formula is C8H15NO6. The van der Waals surface area contributed by atoms with E-state index in [-0.39, 0.29) is 0 Å². The highest BCUT2D eigenvalue weighted by molar-refractivity contribution is 5.73. The van der Waals surface area contributed by atoms with Crippen LogP contribution in [0.3, 0.4) is 0 Å². The molecule has 0 unspecified atom stereocenters. The molecule has 7 heteroatoms. The Balaban J connectivity index is 2.69. The van der Waals surface area contributed by atoms with Gasteiger partial charge in [0.15, 0.2) is 6.23 Å². The maximum Gasteiger partial charge on any atom is 0.218 e. The van der Waals surface area contributed by atoms with Gasteiger partial charge in [-0.3, -0.25) is 4.79 Å². The van der Waals surface area contributed by atoms with E-state index in [2.05, 4.69) is 5.32 Å². The Labute approximate surface area is 86.3 Å². The lowest BCUT2D eigenvalue weighted by molar-refractivity contribution is -0.235. The van der Waals surface area contributed by atoms with Crippen LogP contribution in [-0.2, 0) is 9.53 Å². The molecule has 5 N–H and O–H groups in total. The second kappa shape index (κ2) is 4.86. The molecule has 1 aliphatic heterocycles. The minimum atomic E-state index is -1.47. The summed E-state index contributed by atoms with van der Waals surface area (Å²) in [5.41, 5.74) is 0. The van der Waals surface area contributed by atoms with E-state index >= 15 is 0 Å². The molecule has 0 aliphatic carbocycles. The third kappa shape index (κ3) is 2.64. The van der Waals surface area contributed by atoms with Crippen LogP contribution in [0.25, 0.3) is 0 Å². The van der Waals surface area contributed by atoms with Crippen LogP contribution in [-0.4, -0.2) is 63.6 Å². The predicted molar refractivity (Wildman–Crippen MR) is 47.6 cm³/mol. The molecule has 0 saturated carbocycles. The van der Waals surface area contributed by atoms with Crippen molar-refractivity contribution in [3.8, 4) is 0 Å². The third-order valence-corrected chi connectivity index (χ3v) is 2.24. The molecule has 88 valence electrons. The van der Waals surface area contributed by atoms with Gasteiger partial charge in [0.25, 0.3) is 0 Å². The maximum absolute atomic E-state index is 10.7. The van der Waals surface area contributed by atoms with Crippen molar-refractivity contribution in [1.29, 1.82) is 0 Å². The van der Waals surface area contributed by atoms with Crippen LogP contribution in [0.2, 0.25) is 0 Å². The highest BCUT2D eigenvalue weighted by Gasteiger charge is 2.43. The molecule has 0 spiro atoms. The zero-order chi connectivity index (χ0) is 11.6. The molecule has 0 aromatic carbocycles. The third-order valence-electron chi connectivity index (χ3n) is 2.24. The molecule has 1 fully saturated rings. The van der Waals surface area contributed by atoms with Crippen molar-refractivity contribution < 1.29 is 30.0 Å². The average Bonchev–Trinajstić information content (AvgIpc) is 2.18. The molecule has 1 aliphatic rings. The largest absolute Gasteiger partial charge is 0.394 e. The van der Waals surface area contributed by atoms with Gasteiger partial charge in [0.1, 0.15) is 24.4 Å². The van der Waals surface area contributed by atoms with E-state index in [1.807, 2.05) is 0 Å². The van der Waals surface area contributed by atoms with E-state index in [1.54, 1.807) is 0 Å². The molecule has 7 nitrogen and oxygen atoms in total. The topological polar surface area (TPSA) is 119 Å². The van der Waals surface area contributed by atoms with Gasteiger partial charge in [-0.05, 0) is 0 Å². The number of aliphatic hydroxyl groups excluding tert-OH is 4. The van der Waals surface area contributed by atoms with Gasteiger partial charge < -0.3 is 30.5 Å². The Bertz CT molecular complexity index is 233. The van der Waals surface area contributed by atoms with Gasteiger partial charge in [-0.1, -0.05) is 0 Å². The standard InChI is InChI=1S/C8H15NO6/c1-3(11)9-8-7(14)6(13)5(12)4(2-10)15-8/h4-8,10,12-14H,2H2,1H3,(H,9,11)/t4-,5-,6+,7-,8+/m1/s1. The van der Waals surface area contributed by atoms with Gasteiger partial charge in [0.05, 0.1) is 6.61 Å². The minimum absolute atomic E-state index is 0.445. The van der Waals surface area contributed by atoms with Crippen LogP contribution in [0.1, 0.15) is 6.92 Å². The minimum Gasteiger partial charge on any atom is -0.394 e. The number of hydrogen-bond acceptors (Lipinski definition) is 6. The number of hydrogen-bond donors (Lipinski definition) is 5. The highest BCUT2D eigenvalue weighted by Crippen LogP contribution is 2.19. The fourth-order valence-electron chi connectivity index (χ4n) is 1.42. The van der Waals surface area contributed by atoms with E-state index in [9.17, 15) is 20.1 Å². The Kier molecular flexibility index (Phi) is 4.00. The van der Waals surface area contributed by atoms with Gasteiger partial charge in [-0.2, -0.15) is 0 Å². The Hall–Kier alpha value is -0.730. The van der Waals surface area contributed by atoms with E-state index in [0.717, 1.165) is 0 Å². The first-order chi connectivity index (χ1) is 6.97. The predicted octanol–water partition coefficient (Wildman–Crippen LogP) is -3.08. The van der Waals surface area contributed by atoms with Crippen LogP contribution < -0.4 is 5.32 Å². The van der Waals surface area contributed by atoms with Crippen LogP contribution in [0.4, 0.5) is 0 Å². The summed E-state index contributed by atoms with van der Waals surface area (Å²) in [5.74, 6) is -0.445. The Morgan fingerprint density at radius 2 is 1.87 bits per heavy atom. The summed E-state index contributed by atoms with van der Waals surface area (Å²) < 4.78 is 5.00. The SMILES string of the molecule is CC(=O)N[C@H]1O[C@H](CO)[C@@H](O)[C@H](O)[C@H]1O. The first-order valence-electron chi connectivity index (χ1n) is 4.55. The number of rotatable bonds is 2. The quantitative estimate of drug-likeness (QED) is 0.337. The van der Waals surface area contributed by atoms with E-state index in [4.69, 9.17) is 9.84 Å². The second-order valence-electron chi connectivity index (χ2n) is 3.45. The summed E-state index contributed by atoms with van der Waals surface area (Å²) in [4.78, 5) is 10.7. The molecular weight excluding hydrogens is 206 g/mol. The molecule has 1 heterocycles. The molecule has 1 saturated heterocycles. The van der Waals surface area contributed by atoms with Gasteiger partial charge >= 0.3 is 0 Å². The van der Waals surface area contributed by atoms with Crippen molar-refractivity contribution in [3.05, 3.63) is 0 Å². The van der Waals surface area contributed by atoms with E-state index in [0.29, 0.717) is 0 Å². The molecule has 1 rings (SSSR count). The number of carbonyl (C=O) groups is 1. The summed E-state index contributed by atoms with van der Waals surface area (Å²) >= 11 is 0. The smallest absolute Gasteiger partial charge is 0.218 e. The summed E-state index contributed by atoms with van der Waals surface area (Å²) in [7, 11) is 0. The lowest BCUT2D eigenvalue weighted by Gasteiger charge is -2.39. The molecule has 0 aromatic heterocycles. The molecule has 15 heavy (non-hydrogen) atoms.